The Morgan fingerprint density at radius 3 is 2.86 bits per heavy atom. The lowest BCUT2D eigenvalue weighted by Crippen LogP contribution is -2.42. The molecule has 0 radical (unpaired) electrons. The average Bonchev–Trinajstić information content (AvgIpc) is 3.26. The van der Waals surface area contributed by atoms with Crippen LogP contribution in [0.5, 0.6) is 0 Å². The molecule has 1 aromatic carbocycles. The van der Waals surface area contributed by atoms with Gasteiger partial charge < -0.3 is 16.0 Å². The molecule has 6 nitrogen and oxygen atoms in total. The second kappa shape index (κ2) is 6.80. The molecule has 2 unspecified atom stereocenters. The van der Waals surface area contributed by atoms with Crippen molar-refractivity contribution in [2.45, 2.75) is 56.8 Å². The number of primary amides is 1. The summed E-state index contributed by atoms with van der Waals surface area (Å²) in [6.07, 6.45) is 6.09. The van der Waals surface area contributed by atoms with Gasteiger partial charge in [-0.1, -0.05) is 19.1 Å². The highest BCUT2D eigenvalue weighted by Crippen LogP contribution is 2.51. The number of anilines is 2. The summed E-state index contributed by atoms with van der Waals surface area (Å²) in [7, 11) is 0. The molecule has 1 aliphatic carbocycles. The van der Waals surface area contributed by atoms with Crippen LogP contribution < -0.4 is 16.0 Å². The Balaban J connectivity index is 1.65. The molecule has 2 atom stereocenters. The van der Waals surface area contributed by atoms with E-state index in [0.717, 1.165) is 56.7 Å². The zero-order valence-corrected chi connectivity index (χ0v) is 17.2. The van der Waals surface area contributed by atoms with E-state index >= 15 is 0 Å². The van der Waals surface area contributed by atoms with Crippen molar-refractivity contribution >= 4 is 17.4 Å². The third-order valence-electron chi connectivity index (χ3n) is 7.34. The molecular weight excluding hydrogens is 362 g/mol. The third kappa shape index (κ3) is 2.84. The highest BCUT2D eigenvalue weighted by atomic mass is 16.1. The monoisotopic (exact) mass is 391 g/mol. The Kier molecular flexibility index (Phi) is 4.35. The number of nitrogens with two attached hydrogens (primary N) is 1. The van der Waals surface area contributed by atoms with E-state index in [2.05, 4.69) is 40.3 Å². The van der Waals surface area contributed by atoms with Gasteiger partial charge in [-0.2, -0.15) is 0 Å². The molecule has 3 aliphatic rings. The maximum Gasteiger partial charge on any atom is 0.224 e. The molecule has 6 heteroatoms. The molecule has 1 aromatic heterocycles. The van der Waals surface area contributed by atoms with Gasteiger partial charge in [-0.05, 0) is 68.8 Å². The summed E-state index contributed by atoms with van der Waals surface area (Å²) < 4.78 is 0. The number of benzene rings is 1. The van der Waals surface area contributed by atoms with Crippen LogP contribution in [0.25, 0.3) is 0 Å². The van der Waals surface area contributed by atoms with Gasteiger partial charge in [0.25, 0.3) is 0 Å². The van der Waals surface area contributed by atoms with E-state index in [4.69, 9.17) is 10.7 Å². The smallest absolute Gasteiger partial charge is 0.224 e. The van der Waals surface area contributed by atoms with Gasteiger partial charge in [0.2, 0.25) is 5.91 Å². The van der Waals surface area contributed by atoms with Gasteiger partial charge in [0.05, 0.1) is 5.92 Å². The second-order valence-electron chi connectivity index (χ2n) is 9.01. The topological polar surface area (TPSA) is 84.1 Å². The van der Waals surface area contributed by atoms with Crippen molar-refractivity contribution in [2.24, 2.45) is 5.73 Å². The number of amides is 1. The standard InChI is InChI=1S/C23H29N5O/c1-14-3-5-18-20(14)22(27-13-26-18)28-12-23(7-9-25-10-8-23)17-11-16(4-6-19(17)28)15(2)21(24)29/h4,6,11,13-15,25H,3,5,7-10,12H2,1-2H3,(H2,24,29). The second-order valence-corrected chi connectivity index (χ2v) is 9.01. The molecule has 5 rings (SSSR count). The number of piperidine rings is 1. The summed E-state index contributed by atoms with van der Waals surface area (Å²) in [5.41, 5.74) is 11.8. The molecule has 3 heterocycles. The normalized spacial score (nSPS) is 23.1. The fourth-order valence-electron chi connectivity index (χ4n) is 5.48. The average molecular weight is 392 g/mol. The first-order valence-corrected chi connectivity index (χ1v) is 10.8. The minimum atomic E-state index is -0.281. The van der Waals surface area contributed by atoms with Gasteiger partial charge in [-0.3, -0.25) is 4.79 Å². The zero-order valence-electron chi connectivity index (χ0n) is 17.2. The first-order valence-electron chi connectivity index (χ1n) is 10.8. The van der Waals surface area contributed by atoms with E-state index in [1.165, 1.54) is 22.5 Å². The predicted octanol–water partition coefficient (Wildman–Crippen LogP) is 2.89. The van der Waals surface area contributed by atoms with Crippen LogP contribution in [-0.4, -0.2) is 35.5 Å². The van der Waals surface area contributed by atoms with Crippen LogP contribution in [0.2, 0.25) is 0 Å². The van der Waals surface area contributed by atoms with Crippen molar-refractivity contribution in [2.75, 3.05) is 24.5 Å². The van der Waals surface area contributed by atoms with Crippen LogP contribution >= 0.6 is 0 Å². The van der Waals surface area contributed by atoms with E-state index in [1.54, 1.807) is 6.33 Å². The van der Waals surface area contributed by atoms with E-state index in [0.29, 0.717) is 5.92 Å². The number of hydrogen-bond acceptors (Lipinski definition) is 5. The lowest BCUT2D eigenvalue weighted by molar-refractivity contribution is -0.119. The summed E-state index contributed by atoms with van der Waals surface area (Å²) >= 11 is 0. The highest BCUT2D eigenvalue weighted by molar-refractivity contribution is 5.82. The lowest BCUT2D eigenvalue weighted by Gasteiger charge is -2.35. The van der Waals surface area contributed by atoms with Crippen molar-refractivity contribution in [3.05, 3.63) is 46.9 Å². The first kappa shape index (κ1) is 18.6. The number of nitrogens with zero attached hydrogens (tertiary/aromatic N) is 3. The van der Waals surface area contributed by atoms with Crippen LogP contribution in [0.3, 0.4) is 0 Å². The molecular formula is C23H29N5O. The van der Waals surface area contributed by atoms with Crippen LogP contribution in [0.15, 0.2) is 24.5 Å². The molecule has 2 aliphatic heterocycles. The predicted molar refractivity (Wildman–Crippen MR) is 114 cm³/mol. The van der Waals surface area contributed by atoms with Crippen molar-refractivity contribution in [3.8, 4) is 0 Å². The molecule has 0 saturated carbocycles. The minimum Gasteiger partial charge on any atom is -0.369 e. The van der Waals surface area contributed by atoms with Gasteiger partial charge in [0.1, 0.15) is 12.1 Å². The van der Waals surface area contributed by atoms with Gasteiger partial charge in [0, 0.05) is 28.9 Å². The minimum absolute atomic E-state index is 0.0909. The summed E-state index contributed by atoms with van der Waals surface area (Å²) in [5, 5.41) is 3.51. The molecule has 1 spiro atoms. The third-order valence-corrected chi connectivity index (χ3v) is 7.34. The summed E-state index contributed by atoms with van der Waals surface area (Å²) in [4.78, 5) is 23.6. The van der Waals surface area contributed by atoms with Crippen LogP contribution in [-0.2, 0) is 16.6 Å². The SMILES string of the molecule is CC1CCc2ncnc(N3CC4(CCNCC4)c4cc(C(C)C(N)=O)ccc43)c21. The summed E-state index contributed by atoms with van der Waals surface area (Å²) in [6, 6.07) is 6.47. The number of aryl methyl sites for hydroxylation is 1. The molecule has 3 N–H and O–H groups in total. The summed E-state index contributed by atoms with van der Waals surface area (Å²) in [6.45, 7) is 7.15. The Bertz CT molecular complexity index is 966. The fraction of sp³-hybridized carbons (Fsp3) is 0.522. The van der Waals surface area contributed by atoms with Crippen molar-refractivity contribution in [1.29, 1.82) is 0 Å². The Morgan fingerprint density at radius 1 is 1.31 bits per heavy atom. The Morgan fingerprint density at radius 2 is 2.10 bits per heavy atom. The number of aromatic nitrogens is 2. The first-order chi connectivity index (χ1) is 14.0. The van der Waals surface area contributed by atoms with E-state index in [-0.39, 0.29) is 17.2 Å². The number of carbonyl (C=O) groups is 1. The number of fused-ring (bicyclic) bond motifs is 3. The molecule has 1 saturated heterocycles. The van der Waals surface area contributed by atoms with Gasteiger partial charge in [-0.15, -0.1) is 0 Å². The van der Waals surface area contributed by atoms with Crippen molar-refractivity contribution in [3.63, 3.8) is 0 Å². The largest absolute Gasteiger partial charge is 0.369 e. The number of carbonyl (C=O) groups excluding carboxylic acids is 1. The van der Waals surface area contributed by atoms with E-state index in [9.17, 15) is 4.79 Å². The number of hydrogen-bond donors (Lipinski definition) is 2. The van der Waals surface area contributed by atoms with Gasteiger partial charge >= 0.3 is 0 Å². The zero-order chi connectivity index (χ0) is 20.2. The fourth-order valence-corrected chi connectivity index (χ4v) is 5.48. The van der Waals surface area contributed by atoms with Crippen LogP contribution in [0.1, 0.15) is 67.3 Å². The Hall–Kier alpha value is -2.47. The molecule has 1 fully saturated rings. The van der Waals surface area contributed by atoms with Crippen LogP contribution in [0.4, 0.5) is 11.5 Å². The van der Waals surface area contributed by atoms with E-state index in [1.807, 2.05) is 6.92 Å². The Labute approximate surface area is 171 Å². The lowest BCUT2D eigenvalue weighted by atomic mass is 9.74. The summed E-state index contributed by atoms with van der Waals surface area (Å²) in [5.74, 6) is 1.01. The van der Waals surface area contributed by atoms with Crippen LogP contribution in [0, 0.1) is 0 Å². The van der Waals surface area contributed by atoms with Crippen molar-refractivity contribution < 1.29 is 4.79 Å². The maximum atomic E-state index is 11.8. The molecule has 152 valence electrons. The molecule has 0 bridgehead atoms. The van der Waals surface area contributed by atoms with Gasteiger partial charge in [-0.25, -0.2) is 9.97 Å². The quantitative estimate of drug-likeness (QED) is 0.840. The number of nitrogens with one attached hydrogen (secondary N) is 1. The molecule has 29 heavy (non-hydrogen) atoms. The molecule has 2 aromatic rings. The molecule has 1 amide bonds. The van der Waals surface area contributed by atoms with E-state index < -0.39 is 0 Å². The number of rotatable bonds is 3. The van der Waals surface area contributed by atoms with Gasteiger partial charge in [0.15, 0.2) is 0 Å². The highest BCUT2D eigenvalue weighted by Gasteiger charge is 2.45. The maximum absolute atomic E-state index is 11.8. The van der Waals surface area contributed by atoms with Crippen molar-refractivity contribution in [1.82, 2.24) is 15.3 Å².